The van der Waals surface area contributed by atoms with Gasteiger partial charge in [-0.15, -0.1) is 0 Å². The third kappa shape index (κ3) is 4.65. The van der Waals surface area contributed by atoms with Gasteiger partial charge in [-0.3, -0.25) is 4.79 Å². The summed E-state index contributed by atoms with van der Waals surface area (Å²) in [4.78, 5) is 13.3. The second-order valence-corrected chi connectivity index (χ2v) is 5.06. The molecule has 1 heterocycles. The maximum Gasteiger partial charge on any atom is 0.307 e. The molecular formula is C15H22N2O2. The Balaban J connectivity index is 1.76. The SMILES string of the molecule is O=C(O)Cc1ccccc1CNCCN1CCCC1. The van der Waals surface area contributed by atoms with Crippen molar-refractivity contribution < 1.29 is 9.90 Å². The quantitative estimate of drug-likeness (QED) is 0.731. The van der Waals surface area contributed by atoms with Crippen molar-refractivity contribution in [3.05, 3.63) is 35.4 Å². The predicted octanol–water partition coefficient (Wildman–Crippen LogP) is 1.50. The number of nitrogens with one attached hydrogen (secondary N) is 1. The van der Waals surface area contributed by atoms with E-state index in [2.05, 4.69) is 10.2 Å². The molecule has 104 valence electrons. The standard InChI is InChI=1S/C15H22N2O2/c18-15(19)11-13-5-1-2-6-14(13)12-16-7-10-17-8-3-4-9-17/h1-2,5-6,16H,3-4,7-12H2,(H,18,19). The number of nitrogens with zero attached hydrogens (tertiary/aromatic N) is 1. The van der Waals surface area contributed by atoms with E-state index in [4.69, 9.17) is 5.11 Å². The molecule has 0 saturated carbocycles. The number of rotatable bonds is 7. The second-order valence-electron chi connectivity index (χ2n) is 5.06. The van der Waals surface area contributed by atoms with Crippen molar-refractivity contribution in [3.8, 4) is 0 Å². The van der Waals surface area contributed by atoms with E-state index in [9.17, 15) is 4.79 Å². The molecule has 1 aliphatic heterocycles. The minimum absolute atomic E-state index is 0.101. The summed E-state index contributed by atoms with van der Waals surface area (Å²) in [6, 6.07) is 7.75. The summed E-state index contributed by atoms with van der Waals surface area (Å²) in [6.45, 7) is 5.23. The summed E-state index contributed by atoms with van der Waals surface area (Å²) in [7, 11) is 0. The first kappa shape index (κ1) is 14.0. The lowest BCUT2D eigenvalue weighted by molar-refractivity contribution is -0.136. The van der Waals surface area contributed by atoms with Crippen LogP contribution in [0.15, 0.2) is 24.3 Å². The fourth-order valence-corrected chi connectivity index (χ4v) is 2.53. The summed E-state index contributed by atoms with van der Waals surface area (Å²) in [5, 5.41) is 12.3. The Morgan fingerprint density at radius 1 is 1.21 bits per heavy atom. The molecular weight excluding hydrogens is 240 g/mol. The van der Waals surface area contributed by atoms with Gasteiger partial charge in [-0.1, -0.05) is 24.3 Å². The van der Waals surface area contributed by atoms with Gasteiger partial charge in [0.15, 0.2) is 0 Å². The molecule has 0 amide bonds. The van der Waals surface area contributed by atoms with E-state index in [1.807, 2.05) is 24.3 Å². The number of hydrogen-bond donors (Lipinski definition) is 2. The highest BCUT2D eigenvalue weighted by atomic mass is 16.4. The number of likely N-dealkylation sites (tertiary alicyclic amines) is 1. The van der Waals surface area contributed by atoms with Gasteiger partial charge in [-0.2, -0.15) is 0 Å². The largest absolute Gasteiger partial charge is 0.481 e. The van der Waals surface area contributed by atoms with Gasteiger partial charge in [0.1, 0.15) is 0 Å². The average molecular weight is 262 g/mol. The molecule has 19 heavy (non-hydrogen) atoms. The van der Waals surface area contributed by atoms with Crippen molar-refractivity contribution in [2.75, 3.05) is 26.2 Å². The number of carboxylic acids is 1. The third-order valence-electron chi connectivity index (χ3n) is 3.58. The highest BCUT2D eigenvalue weighted by molar-refractivity contribution is 5.70. The van der Waals surface area contributed by atoms with Gasteiger partial charge in [0, 0.05) is 19.6 Å². The maximum absolute atomic E-state index is 10.8. The van der Waals surface area contributed by atoms with Gasteiger partial charge < -0.3 is 15.3 Å². The molecule has 1 saturated heterocycles. The lowest BCUT2D eigenvalue weighted by Crippen LogP contribution is -2.29. The van der Waals surface area contributed by atoms with Crippen molar-refractivity contribution >= 4 is 5.97 Å². The molecule has 1 fully saturated rings. The van der Waals surface area contributed by atoms with Gasteiger partial charge in [-0.05, 0) is 37.1 Å². The predicted molar refractivity (Wildman–Crippen MR) is 75.2 cm³/mol. The Labute approximate surface area is 114 Å². The Bertz CT molecular complexity index is 414. The molecule has 0 radical (unpaired) electrons. The average Bonchev–Trinajstić information content (AvgIpc) is 2.89. The lowest BCUT2D eigenvalue weighted by atomic mass is 10.0. The Morgan fingerprint density at radius 3 is 2.58 bits per heavy atom. The minimum atomic E-state index is -0.774. The molecule has 2 N–H and O–H groups in total. The monoisotopic (exact) mass is 262 g/mol. The van der Waals surface area contributed by atoms with Crippen LogP contribution < -0.4 is 5.32 Å². The zero-order valence-corrected chi connectivity index (χ0v) is 11.3. The van der Waals surface area contributed by atoms with Gasteiger partial charge >= 0.3 is 5.97 Å². The number of benzene rings is 1. The van der Waals surface area contributed by atoms with Gasteiger partial charge in [0.25, 0.3) is 0 Å². The summed E-state index contributed by atoms with van der Waals surface area (Å²) in [6.07, 6.45) is 2.74. The van der Waals surface area contributed by atoms with Crippen molar-refractivity contribution in [1.82, 2.24) is 10.2 Å². The van der Waals surface area contributed by atoms with E-state index >= 15 is 0 Å². The van der Waals surface area contributed by atoms with Crippen LogP contribution in [-0.2, 0) is 17.8 Å². The Kier molecular flexibility index (Phi) is 5.36. The number of carbonyl (C=O) groups is 1. The number of aliphatic carboxylic acids is 1. The molecule has 4 heteroatoms. The zero-order chi connectivity index (χ0) is 13.5. The van der Waals surface area contributed by atoms with Crippen molar-refractivity contribution in [3.63, 3.8) is 0 Å². The normalized spacial score (nSPS) is 15.8. The molecule has 0 spiro atoms. The van der Waals surface area contributed by atoms with Crippen LogP contribution in [0.2, 0.25) is 0 Å². The first-order valence-electron chi connectivity index (χ1n) is 6.97. The highest BCUT2D eigenvalue weighted by Gasteiger charge is 2.10. The van der Waals surface area contributed by atoms with E-state index in [-0.39, 0.29) is 6.42 Å². The highest BCUT2D eigenvalue weighted by Crippen LogP contribution is 2.10. The minimum Gasteiger partial charge on any atom is -0.481 e. The summed E-state index contributed by atoms with van der Waals surface area (Å²) in [5.41, 5.74) is 2.00. The second kappa shape index (κ2) is 7.26. The molecule has 0 aliphatic carbocycles. The van der Waals surface area contributed by atoms with Crippen molar-refractivity contribution in [1.29, 1.82) is 0 Å². The van der Waals surface area contributed by atoms with Crippen LogP contribution in [0.25, 0.3) is 0 Å². The molecule has 1 aliphatic rings. The molecule has 2 rings (SSSR count). The van der Waals surface area contributed by atoms with E-state index in [0.29, 0.717) is 0 Å². The van der Waals surface area contributed by atoms with E-state index < -0.39 is 5.97 Å². The van der Waals surface area contributed by atoms with Gasteiger partial charge in [0.2, 0.25) is 0 Å². The Hall–Kier alpha value is -1.39. The lowest BCUT2D eigenvalue weighted by Gasteiger charge is -2.15. The van der Waals surface area contributed by atoms with Crippen molar-refractivity contribution in [2.45, 2.75) is 25.8 Å². The van der Waals surface area contributed by atoms with Gasteiger partial charge in [-0.25, -0.2) is 0 Å². The first-order valence-corrected chi connectivity index (χ1v) is 6.97. The van der Waals surface area contributed by atoms with Crippen LogP contribution in [0.5, 0.6) is 0 Å². The summed E-state index contributed by atoms with van der Waals surface area (Å²) < 4.78 is 0. The van der Waals surface area contributed by atoms with E-state index in [1.165, 1.54) is 25.9 Å². The summed E-state index contributed by atoms with van der Waals surface area (Å²) >= 11 is 0. The summed E-state index contributed by atoms with van der Waals surface area (Å²) in [5.74, 6) is -0.774. The molecule has 4 nitrogen and oxygen atoms in total. The molecule has 0 aromatic heterocycles. The van der Waals surface area contributed by atoms with E-state index in [1.54, 1.807) is 0 Å². The molecule has 0 bridgehead atoms. The van der Waals surface area contributed by atoms with Crippen LogP contribution in [-0.4, -0.2) is 42.2 Å². The Morgan fingerprint density at radius 2 is 1.89 bits per heavy atom. The zero-order valence-electron chi connectivity index (χ0n) is 11.3. The smallest absolute Gasteiger partial charge is 0.307 e. The van der Waals surface area contributed by atoms with Crippen LogP contribution in [0.1, 0.15) is 24.0 Å². The van der Waals surface area contributed by atoms with Crippen LogP contribution in [0.3, 0.4) is 0 Å². The van der Waals surface area contributed by atoms with Gasteiger partial charge in [0.05, 0.1) is 6.42 Å². The van der Waals surface area contributed by atoms with Crippen LogP contribution in [0.4, 0.5) is 0 Å². The first-order chi connectivity index (χ1) is 9.25. The molecule has 1 aromatic carbocycles. The van der Waals surface area contributed by atoms with Crippen LogP contribution >= 0.6 is 0 Å². The molecule has 0 atom stereocenters. The van der Waals surface area contributed by atoms with Crippen LogP contribution in [0, 0.1) is 0 Å². The number of carboxylic acid groups (broad SMARTS) is 1. The third-order valence-corrected chi connectivity index (χ3v) is 3.58. The molecule has 1 aromatic rings. The fourth-order valence-electron chi connectivity index (χ4n) is 2.53. The fraction of sp³-hybridized carbons (Fsp3) is 0.533. The maximum atomic E-state index is 10.8. The molecule has 0 unspecified atom stereocenters. The topological polar surface area (TPSA) is 52.6 Å². The number of hydrogen-bond acceptors (Lipinski definition) is 3. The van der Waals surface area contributed by atoms with Crippen molar-refractivity contribution in [2.24, 2.45) is 0 Å². The van der Waals surface area contributed by atoms with E-state index in [0.717, 1.165) is 30.8 Å².